The lowest BCUT2D eigenvalue weighted by Crippen LogP contribution is -2.31. The largest absolute Gasteiger partial charge is 0.495 e. The second kappa shape index (κ2) is 7.83. The molecule has 0 saturated heterocycles. The zero-order valence-electron chi connectivity index (χ0n) is 16.6. The van der Waals surface area contributed by atoms with E-state index >= 15 is 0 Å². The first-order valence-electron chi connectivity index (χ1n) is 9.37. The Labute approximate surface area is 169 Å². The molecule has 4 rings (SSSR count). The van der Waals surface area contributed by atoms with Gasteiger partial charge in [0.25, 0.3) is 0 Å². The number of likely N-dealkylation sites (N-methyl/N-ethyl adjacent to an activating group) is 1. The molecule has 3 aromatic rings. The standard InChI is InChI=1S/C23H23FN4O/c1-16-14-28(15-26-16)20-10-4-17(12-22(20)29-3)5-11-23-25-13-21(27(23)2)18-6-8-19(24)9-7-18/h4-15,23,25H,1-3H3. The quantitative estimate of drug-likeness (QED) is 0.709. The lowest BCUT2D eigenvalue weighted by molar-refractivity contribution is 0.407. The summed E-state index contributed by atoms with van der Waals surface area (Å²) in [5.74, 6) is 0.546. The van der Waals surface area contributed by atoms with Crippen LogP contribution in [0.4, 0.5) is 4.39 Å². The van der Waals surface area contributed by atoms with Crippen molar-refractivity contribution in [3.8, 4) is 11.4 Å². The number of rotatable bonds is 5. The van der Waals surface area contributed by atoms with E-state index in [9.17, 15) is 4.39 Å². The van der Waals surface area contributed by atoms with Crippen LogP contribution in [0, 0.1) is 12.7 Å². The predicted molar refractivity (Wildman–Crippen MR) is 113 cm³/mol. The van der Waals surface area contributed by atoms with Crippen molar-refractivity contribution in [1.82, 2.24) is 19.8 Å². The lowest BCUT2D eigenvalue weighted by Gasteiger charge is -2.22. The third-order valence-electron chi connectivity index (χ3n) is 4.99. The molecule has 5 nitrogen and oxygen atoms in total. The van der Waals surface area contributed by atoms with Crippen LogP contribution in [0.15, 0.2) is 67.3 Å². The van der Waals surface area contributed by atoms with Crippen LogP contribution in [0.1, 0.15) is 16.8 Å². The Morgan fingerprint density at radius 3 is 2.66 bits per heavy atom. The summed E-state index contributed by atoms with van der Waals surface area (Å²) in [6, 6.07) is 12.6. The van der Waals surface area contributed by atoms with Crippen LogP contribution in [0.2, 0.25) is 0 Å². The number of aryl methyl sites for hydroxylation is 1. The van der Waals surface area contributed by atoms with Gasteiger partial charge >= 0.3 is 0 Å². The molecular weight excluding hydrogens is 367 g/mol. The molecular formula is C23H23FN4O. The molecule has 0 spiro atoms. The topological polar surface area (TPSA) is 42.3 Å². The third-order valence-corrected chi connectivity index (χ3v) is 4.99. The smallest absolute Gasteiger partial charge is 0.143 e. The summed E-state index contributed by atoms with van der Waals surface area (Å²) in [6.07, 6.45) is 9.85. The Morgan fingerprint density at radius 2 is 1.97 bits per heavy atom. The van der Waals surface area contributed by atoms with E-state index in [-0.39, 0.29) is 12.0 Å². The van der Waals surface area contributed by atoms with Gasteiger partial charge < -0.3 is 19.5 Å². The van der Waals surface area contributed by atoms with Crippen molar-refractivity contribution < 1.29 is 9.13 Å². The Bertz CT molecular complexity index is 1070. The number of aromatic nitrogens is 2. The van der Waals surface area contributed by atoms with Crippen LogP contribution in [-0.2, 0) is 0 Å². The van der Waals surface area contributed by atoms with Crippen molar-refractivity contribution >= 4 is 11.8 Å². The normalized spacial score (nSPS) is 16.2. The Morgan fingerprint density at radius 1 is 1.17 bits per heavy atom. The highest BCUT2D eigenvalue weighted by Crippen LogP contribution is 2.27. The minimum atomic E-state index is -0.234. The molecule has 2 aromatic carbocycles. The van der Waals surface area contributed by atoms with E-state index in [1.807, 2.05) is 49.1 Å². The number of hydrogen-bond donors (Lipinski definition) is 1. The van der Waals surface area contributed by atoms with E-state index in [0.717, 1.165) is 34.0 Å². The predicted octanol–water partition coefficient (Wildman–Crippen LogP) is 4.20. The Hall–Kier alpha value is -3.54. The average molecular weight is 390 g/mol. The molecule has 148 valence electrons. The number of imidazole rings is 1. The molecule has 1 atom stereocenters. The summed E-state index contributed by atoms with van der Waals surface area (Å²) in [7, 11) is 3.68. The molecule has 0 aliphatic carbocycles. The highest BCUT2D eigenvalue weighted by molar-refractivity contribution is 5.67. The van der Waals surface area contributed by atoms with Crippen molar-refractivity contribution in [3.63, 3.8) is 0 Å². The molecule has 0 saturated carbocycles. The number of halogens is 1. The first-order valence-corrected chi connectivity index (χ1v) is 9.37. The van der Waals surface area contributed by atoms with Gasteiger partial charge in [0.1, 0.15) is 17.7 Å². The molecule has 0 radical (unpaired) electrons. The van der Waals surface area contributed by atoms with Crippen LogP contribution >= 0.6 is 0 Å². The van der Waals surface area contributed by atoms with Gasteiger partial charge in [0.2, 0.25) is 0 Å². The molecule has 1 aliphatic rings. The fourth-order valence-corrected chi connectivity index (χ4v) is 3.39. The maximum Gasteiger partial charge on any atom is 0.143 e. The van der Waals surface area contributed by atoms with Crippen molar-refractivity contribution in [3.05, 3.63) is 89.9 Å². The number of ether oxygens (including phenoxy) is 1. The van der Waals surface area contributed by atoms with Gasteiger partial charge in [-0.3, -0.25) is 0 Å². The van der Waals surface area contributed by atoms with E-state index in [0.29, 0.717) is 0 Å². The third kappa shape index (κ3) is 3.87. The maximum atomic E-state index is 13.2. The lowest BCUT2D eigenvalue weighted by atomic mass is 10.1. The molecule has 1 aliphatic heterocycles. The SMILES string of the molecule is COc1cc(C=CC2NC=C(c3ccc(F)cc3)N2C)ccc1-n1cnc(C)c1. The zero-order chi connectivity index (χ0) is 20.4. The minimum Gasteiger partial charge on any atom is -0.495 e. The van der Waals surface area contributed by atoms with E-state index in [1.54, 1.807) is 25.6 Å². The molecule has 6 heteroatoms. The number of benzene rings is 2. The van der Waals surface area contributed by atoms with E-state index in [1.165, 1.54) is 12.1 Å². The Kier molecular flexibility index (Phi) is 5.08. The summed E-state index contributed by atoms with van der Waals surface area (Å²) in [4.78, 5) is 6.39. The van der Waals surface area contributed by atoms with Gasteiger partial charge in [0.05, 0.1) is 30.5 Å². The fourth-order valence-electron chi connectivity index (χ4n) is 3.39. The van der Waals surface area contributed by atoms with Crippen LogP contribution in [0.3, 0.4) is 0 Å². The summed E-state index contributed by atoms with van der Waals surface area (Å²) < 4.78 is 20.7. The second-order valence-electron chi connectivity index (χ2n) is 6.97. The van der Waals surface area contributed by atoms with Gasteiger partial charge in [-0.1, -0.05) is 12.1 Å². The first-order chi connectivity index (χ1) is 14.0. The highest BCUT2D eigenvalue weighted by Gasteiger charge is 2.20. The van der Waals surface area contributed by atoms with Crippen molar-refractivity contribution in [2.45, 2.75) is 13.1 Å². The van der Waals surface area contributed by atoms with Crippen molar-refractivity contribution in [2.24, 2.45) is 0 Å². The number of nitrogens with zero attached hydrogens (tertiary/aromatic N) is 3. The van der Waals surface area contributed by atoms with Crippen LogP contribution < -0.4 is 10.1 Å². The van der Waals surface area contributed by atoms with Gasteiger partial charge in [-0.2, -0.15) is 0 Å². The molecule has 0 bridgehead atoms. The summed E-state index contributed by atoms with van der Waals surface area (Å²) >= 11 is 0. The van der Waals surface area contributed by atoms with Crippen molar-refractivity contribution in [1.29, 1.82) is 0 Å². The summed E-state index contributed by atoms with van der Waals surface area (Å²) in [6.45, 7) is 1.96. The van der Waals surface area contributed by atoms with Gasteiger partial charge in [0, 0.05) is 19.4 Å². The van der Waals surface area contributed by atoms with Crippen LogP contribution in [0.5, 0.6) is 5.75 Å². The molecule has 1 N–H and O–H groups in total. The number of hydrogen-bond acceptors (Lipinski definition) is 4. The van der Waals surface area contributed by atoms with E-state index in [2.05, 4.69) is 27.4 Å². The van der Waals surface area contributed by atoms with E-state index in [4.69, 9.17) is 4.74 Å². The van der Waals surface area contributed by atoms with Gasteiger partial charge in [0.15, 0.2) is 0 Å². The average Bonchev–Trinajstić information content (AvgIpc) is 3.32. The summed E-state index contributed by atoms with van der Waals surface area (Å²) in [5, 5.41) is 3.35. The van der Waals surface area contributed by atoms with E-state index < -0.39 is 0 Å². The monoisotopic (exact) mass is 390 g/mol. The fraction of sp³-hybridized carbons (Fsp3) is 0.174. The number of nitrogens with one attached hydrogen (secondary N) is 1. The molecule has 0 amide bonds. The Balaban J connectivity index is 1.50. The first kappa shape index (κ1) is 18.8. The molecule has 0 fully saturated rings. The van der Waals surface area contributed by atoms with Gasteiger partial charge in [-0.15, -0.1) is 0 Å². The maximum absolute atomic E-state index is 13.2. The van der Waals surface area contributed by atoms with Gasteiger partial charge in [-0.05, 0) is 60.5 Å². The minimum absolute atomic E-state index is 0.0111. The summed E-state index contributed by atoms with van der Waals surface area (Å²) in [5.41, 5.74) is 4.92. The molecule has 29 heavy (non-hydrogen) atoms. The molecule has 1 aromatic heterocycles. The zero-order valence-corrected chi connectivity index (χ0v) is 16.6. The van der Waals surface area contributed by atoms with Crippen LogP contribution in [-0.4, -0.2) is 34.8 Å². The van der Waals surface area contributed by atoms with Gasteiger partial charge in [-0.25, -0.2) is 9.37 Å². The molecule has 2 heterocycles. The second-order valence-corrected chi connectivity index (χ2v) is 6.97. The molecule has 1 unspecified atom stereocenters. The van der Waals surface area contributed by atoms with Crippen LogP contribution in [0.25, 0.3) is 17.5 Å². The number of methoxy groups -OCH3 is 1. The highest BCUT2D eigenvalue weighted by atomic mass is 19.1. The van der Waals surface area contributed by atoms with Crippen molar-refractivity contribution in [2.75, 3.05) is 14.2 Å².